The maximum Gasteiger partial charge on any atom is 0.416 e. The van der Waals surface area contributed by atoms with E-state index in [1.165, 1.54) is 22.0 Å². The van der Waals surface area contributed by atoms with Crippen LogP contribution in [0.2, 0.25) is 0 Å². The largest absolute Gasteiger partial charge is 0.416 e. The molecule has 1 aromatic carbocycles. The number of imidazole rings is 1. The number of amides is 1. The molecule has 3 aromatic rings. The minimum absolute atomic E-state index is 0.0207. The first-order valence-corrected chi connectivity index (χ1v) is 11.3. The molecule has 0 bridgehead atoms. The number of aromatic nitrogens is 3. The van der Waals surface area contributed by atoms with Gasteiger partial charge in [-0.3, -0.25) is 13.9 Å². The number of carbonyl (C=O) groups is 1. The van der Waals surface area contributed by atoms with Crippen molar-refractivity contribution in [3.63, 3.8) is 0 Å². The van der Waals surface area contributed by atoms with Crippen molar-refractivity contribution in [2.75, 3.05) is 13.1 Å². The van der Waals surface area contributed by atoms with Crippen molar-refractivity contribution in [1.29, 1.82) is 0 Å². The topological polar surface area (TPSA) is 60.1 Å². The summed E-state index contributed by atoms with van der Waals surface area (Å²) in [6.45, 7) is 3.57. The number of likely N-dealkylation sites (tertiary alicyclic amines) is 1. The summed E-state index contributed by atoms with van der Waals surface area (Å²) in [6, 6.07) is 5.20. The number of alkyl halides is 3. The number of carbonyl (C=O) groups excluding carboxylic acids is 1. The summed E-state index contributed by atoms with van der Waals surface area (Å²) in [6.07, 6.45) is 0.359. The summed E-state index contributed by atoms with van der Waals surface area (Å²) in [4.78, 5) is 31.1. The van der Waals surface area contributed by atoms with Crippen LogP contribution in [0.4, 0.5) is 13.2 Å². The number of piperidine rings is 1. The van der Waals surface area contributed by atoms with Crippen LogP contribution in [0.3, 0.4) is 0 Å². The Morgan fingerprint density at radius 1 is 1.19 bits per heavy atom. The van der Waals surface area contributed by atoms with Crippen LogP contribution in [0.15, 0.2) is 46.8 Å². The van der Waals surface area contributed by atoms with Crippen molar-refractivity contribution in [2.45, 2.75) is 44.9 Å². The average Bonchev–Trinajstić information content (AvgIpc) is 3.41. The van der Waals surface area contributed by atoms with E-state index < -0.39 is 11.7 Å². The molecule has 0 spiro atoms. The molecule has 1 amide bonds. The van der Waals surface area contributed by atoms with E-state index in [1.807, 2.05) is 12.3 Å². The zero-order chi connectivity index (χ0) is 22.9. The Morgan fingerprint density at radius 3 is 2.56 bits per heavy atom. The molecule has 3 heterocycles. The highest BCUT2D eigenvalue weighted by molar-refractivity contribution is 7.13. The van der Waals surface area contributed by atoms with Gasteiger partial charge in [0, 0.05) is 48.9 Å². The zero-order valence-corrected chi connectivity index (χ0v) is 18.3. The molecule has 0 unspecified atom stereocenters. The molecular formula is C22H23F3N4O2S. The van der Waals surface area contributed by atoms with Crippen LogP contribution in [0.5, 0.6) is 0 Å². The van der Waals surface area contributed by atoms with E-state index in [4.69, 9.17) is 0 Å². The third-order valence-corrected chi connectivity index (χ3v) is 6.70. The van der Waals surface area contributed by atoms with Gasteiger partial charge in [-0.05, 0) is 31.9 Å². The van der Waals surface area contributed by atoms with Gasteiger partial charge in [0.25, 0.3) is 0 Å². The molecule has 10 heteroatoms. The van der Waals surface area contributed by atoms with Crippen LogP contribution in [0.25, 0.3) is 10.6 Å². The lowest BCUT2D eigenvalue weighted by Crippen LogP contribution is -2.41. The molecule has 0 N–H and O–H groups in total. The van der Waals surface area contributed by atoms with E-state index in [2.05, 4.69) is 4.98 Å². The third-order valence-electron chi connectivity index (χ3n) is 5.79. The van der Waals surface area contributed by atoms with Gasteiger partial charge in [-0.25, -0.2) is 9.78 Å². The second-order valence-corrected chi connectivity index (χ2v) is 8.66. The molecule has 1 aliphatic rings. The highest BCUT2D eigenvalue weighted by Crippen LogP contribution is 2.35. The Hall–Kier alpha value is -2.88. The van der Waals surface area contributed by atoms with Crippen LogP contribution in [0, 0.1) is 0 Å². The Bertz CT molecular complexity index is 1160. The molecule has 1 fully saturated rings. The Morgan fingerprint density at radius 2 is 1.91 bits per heavy atom. The zero-order valence-electron chi connectivity index (χ0n) is 17.5. The number of nitrogens with zero attached hydrogens (tertiary/aromatic N) is 4. The number of rotatable bonds is 5. The fourth-order valence-corrected chi connectivity index (χ4v) is 4.82. The molecule has 2 aromatic heterocycles. The van der Waals surface area contributed by atoms with Gasteiger partial charge in [-0.2, -0.15) is 13.2 Å². The average molecular weight is 465 g/mol. The number of aryl methyl sites for hydroxylation is 1. The minimum atomic E-state index is -4.39. The van der Waals surface area contributed by atoms with Gasteiger partial charge in [-0.1, -0.05) is 12.1 Å². The predicted molar refractivity (Wildman–Crippen MR) is 115 cm³/mol. The summed E-state index contributed by atoms with van der Waals surface area (Å²) in [5, 5.41) is 2.45. The van der Waals surface area contributed by atoms with Crippen molar-refractivity contribution in [3.8, 4) is 10.6 Å². The molecule has 170 valence electrons. The second kappa shape index (κ2) is 8.93. The Balaban J connectivity index is 1.38. The van der Waals surface area contributed by atoms with Crippen molar-refractivity contribution in [2.24, 2.45) is 0 Å². The fraction of sp³-hybridized carbons (Fsp3) is 0.409. The quantitative estimate of drug-likeness (QED) is 0.568. The van der Waals surface area contributed by atoms with E-state index >= 15 is 0 Å². The van der Waals surface area contributed by atoms with Crippen molar-refractivity contribution in [3.05, 3.63) is 63.8 Å². The number of benzene rings is 1. The Kier molecular flexibility index (Phi) is 6.23. The summed E-state index contributed by atoms with van der Waals surface area (Å²) < 4.78 is 41.9. The van der Waals surface area contributed by atoms with Crippen molar-refractivity contribution < 1.29 is 18.0 Å². The molecule has 32 heavy (non-hydrogen) atoms. The maximum atomic E-state index is 13.0. The van der Waals surface area contributed by atoms with E-state index in [1.54, 1.807) is 27.9 Å². The van der Waals surface area contributed by atoms with Crippen LogP contribution in [-0.2, 0) is 24.1 Å². The van der Waals surface area contributed by atoms with Gasteiger partial charge < -0.3 is 4.90 Å². The standard InChI is InChI=1S/C22H23F3N4O2S/c1-2-27-10-11-29(21(27)31)13-19(30)28-8-6-15(7-9-28)18-14-32-20(26-18)16-4-3-5-17(12-16)22(23,24)25/h3-5,10-12,14-15H,2,6-9,13H2,1H3. The lowest BCUT2D eigenvalue weighted by molar-refractivity contribution is -0.137. The summed E-state index contributed by atoms with van der Waals surface area (Å²) >= 11 is 1.33. The minimum Gasteiger partial charge on any atom is -0.341 e. The molecular weight excluding hydrogens is 441 g/mol. The van der Waals surface area contributed by atoms with Gasteiger partial charge in [0.15, 0.2) is 0 Å². The number of hydrogen-bond donors (Lipinski definition) is 0. The molecule has 1 aliphatic heterocycles. The molecule has 0 atom stereocenters. The van der Waals surface area contributed by atoms with Gasteiger partial charge in [0.1, 0.15) is 11.6 Å². The Labute approximate surface area is 186 Å². The van der Waals surface area contributed by atoms with E-state index in [-0.39, 0.29) is 24.1 Å². The molecule has 0 aliphatic carbocycles. The third kappa shape index (κ3) is 4.64. The van der Waals surface area contributed by atoms with E-state index in [0.717, 1.165) is 30.7 Å². The van der Waals surface area contributed by atoms with Crippen molar-refractivity contribution >= 4 is 17.2 Å². The molecule has 0 saturated carbocycles. The van der Waals surface area contributed by atoms with Gasteiger partial charge in [0.05, 0.1) is 11.3 Å². The predicted octanol–water partition coefficient (Wildman–Crippen LogP) is 4.22. The smallest absolute Gasteiger partial charge is 0.341 e. The lowest BCUT2D eigenvalue weighted by Gasteiger charge is -2.31. The molecule has 0 radical (unpaired) electrons. The molecule has 4 rings (SSSR count). The van der Waals surface area contributed by atoms with E-state index in [0.29, 0.717) is 30.2 Å². The van der Waals surface area contributed by atoms with Gasteiger partial charge in [-0.15, -0.1) is 11.3 Å². The van der Waals surface area contributed by atoms with Gasteiger partial charge >= 0.3 is 11.9 Å². The van der Waals surface area contributed by atoms with Gasteiger partial charge in [0.2, 0.25) is 5.91 Å². The maximum absolute atomic E-state index is 13.0. The van der Waals surface area contributed by atoms with E-state index in [9.17, 15) is 22.8 Å². The summed E-state index contributed by atoms with van der Waals surface area (Å²) in [5.41, 5.74) is 0.422. The monoisotopic (exact) mass is 464 g/mol. The first-order chi connectivity index (χ1) is 15.3. The number of halogens is 3. The van der Waals surface area contributed by atoms with Crippen molar-refractivity contribution in [1.82, 2.24) is 19.0 Å². The number of thiazole rings is 1. The fourth-order valence-electron chi connectivity index (χ4n) is 3.92. The lowest BCUT2D eigenvalue weighted by atomic mass is 9.94. The van der Waals surface area contributed by atoms with Crippen LogP contribution >= 0.6 is 11.3 Å². The van der Waals surface area contributed by atoms with Crippen LogP contribution < -0.4 is 5.69 Å². The van der Waals surface area contributed by atoms with Crippen LogP contribution in [-0.4, -0.2) is 38.0 Å². The second-order valence-electron chi connectivity index (χ2n) is 7.81. The van der Waals surface area contributed by atoms with Crippen LogP contribution in [0.1, 0.15) is 36.9 Å². The summed E-state index contributed by atoms with van der Waals surface area (Å²) in [5.74, 6) is 0.0566. The summed E-state index contributed by atoms with van der Waals surface area (Å²) in [7, 11) is 0. The SMILES string of the molecule is CCn1ccn(CC(=O)N2CCC(c3csc(-c4cccc(C(F)(F)F)c4)n3)CC2)c1=O. The number of hydrogen-bond acceptors (Lipinski definition) is 4. The first kappa shape index (κ1) is 22.3. The molecule has 6 nitrogen and oxygen atoms in total. The normalized spacial score (nSPS) is 15.3. The molecule has 1 saturated heterocycles. The first-order valence-electron chi connectivity index (χ1n) is 10.4. The highest BCUT2D eigenvalue weighted by Gasteiger charge is 2.31. The highest BCUT2D eigenvalue weighted by atomic mass is 32.1.